The Morgan fingerprint density at radius 2 is 1.78 bits per heavy atom. The highest BCUT2D eigenvalue weighted by molar-refractivity contribution is 5.94. The number of alkyl halides is 3. The number of aliphatic hydroxyl groups is 1. The molecule has 3 aromatic rings. The lowest BCUT2D eigenvalue weighted by Crippen LogP contribution is -2.49. The number of aryl methyl sites for hydroxylation is 1. The van der Waals surface area contributed by atoms with E-state index in [0.717, 1.165) is 6.07 Å². The number of aromatic nitrogens is 2. The van der Waals surface area contributed by atoms with Crippen LogP contribution in [-0.4, -0.2) is 45.1 Å². The fourth-order valence-corrected chi connectivity index (χ4v) is 4.74. The van der Waals surface area contributed by atoms with Gasteiger partial charge >= 0.3 is 6.18 Å². The normalized spacial score (nSPS) is 21.4. The zero-order chi connectivity index (χ0) is 26.4. The summed E-state index contributed by atoms with van der Waals surface area (Å²) in [6.45, 7) is 7.63. The third-order valence-corrected chi connectivity index (χ3v) is 6.62. The third-order valence-electron chi connectivity index (χ3n) is 6.62. The summed E-state index contributed by atoms with van der Waals surface area (Å²) in [5.74, 6) is 0.224. The van der Waals surface area contributed by atoms with Gasteiger partial charge in [0.1, 0.15) is 17.7 Å². The molecule has 0 spiro atoms. The predicted molar refractivity (Wildman–Crippen MR) is 128 cm³/mol. The van der Waals surface area contributed by atoms with Crippen molar-refractivity contribution in [3.05, 3.63) is 69.3 Å². The van der Waals surface area contributed by atoms with Gasteiger partial charge in [0.2, 0.25) is 0 Å². The number of aliphatic hydroxyl groups excluding tert-OH is 1. The van der Waals surface area contributed by atoms with Crippen molar-refractivity contribution in [3.8, 4) is 5.75 Å². The molecule has 1 fully saturated rings. The molecule has 1 aliphatic rings. The molecular weight excluding hydrogens is 475 g/mol. The first-order valence-electron chi connectivity index (χ1n) is 11.7. The first-order valence-corrected chi connectivity index (χ1v) is 11.7. The van der Waals surface area contributed by atoms with E-state index in [9.17, 15) is 27.9 Å². The molecule has 0 radical (unpaired) electrons. The molecule has 7 nitrogen and oxygen atoms in total. The quantitative estimate of drug-likeness (QED) is 0.548. The van der Waals surface area contributed by atoms with E-state index in [1.54, 1.807) is 17.0 Å². The number of carbonyl (C=O) groups excluding carboxylic acids is 1. The van der Waals surface area contributed by atoms with Crippen LogP contribution in [0.3, 0.4) is 0 Å². The standard InChI is InChI=1S/C26H28F3N3O4/c1-13-11-32(12-14(2)23(13)33)25(35)17-5-7-18(8-6-17)36-15(3)19-9-20-22(10-21(19)26(27,28)29)30-16(4)31-24(20)34/h5-10,13-15,23,33H,11-12H2,1-4H3,(H,30,31,34)/t13-,14+,15-,23?/m0/s1. The Labute approximate surface area is 205 Å². The number of benzene rings is 2. The largest absolute Gasteiger partial charge is 0.486 e. The van der Waals surface area contributed by atoms with Gasteiger partial charge in [0.25, 0.3) is 11.5 Å². The molecule has 2 aromatic carbocycles. The van der Waals surface area contributed by atoms with Crippen molar-refractivity contribution < 1.29 is 27.8 Å². The zero-order valence-corrected chi connectivity index (χ0v) is 20.4. The first-order chi connectivity index (χ1) is 16.8. The molecule has 0 bridgehead atoms. The van der Waals surface area contributed by atoms with E-state index in [0.29, 0.717) is 18.7 Å². The number of carbonyl (C=O) groups is 1. The minimum Gasteiger partial charge on any atom is -0.486 e. The number of hydrogen-bond acceptors (Lipinski definition) is 5. The number of hydrogen-bond donors (Lipinski definition) is 2. The average molecular weight is 504 g/mol. The second-order valence-corrected chi connectivity index (χ2v) is 9.55. The average Bonchev–Trinajstić information content (AvgIpc) is 2.80. The van der Waals surface area contributed by atoms with Gasteiger partial charge in [-0.05, 0) is 62.1 Å². The van der Waals surface area contributed by atoms with Crippen LogP contribution in [-0.2, 0) is 6.18 Å². The molecule has 4 atom stereocenters. The maximum atomic E-state index is 13.8. The van der Waals surface area contributed by atoms with Gasteiger partial charge in [-0.3, -0.25) is 9.59 Å². The van der Waals surface area contributed by atoms with Crippen molar-refractivity contribution in [2.45, 2.75) is 46.1 Å². The number of halogens is 3. The van der Waals surface area contributed by atoms with Crippen LogP contribution < -0.4 is 10.3 Å². The van der Waals surface area contributed by atoms with Gasteiger partial charge in [-0.2, -0.15) is 13.2 Å². The molecule has 1 saturated heterocycles. The van der Waals surface area contributed by atoms with Crippen LogP contribution in [0.25, 0.3) is 10.9 Å². The number of likely N-dealkylation sites (tertiary alicyclic amines) is 1. The summed E-state index contributed by atoms with van der Waals surface area (Å²) in [5, 5.41) is 10.2. The van der Waals surface area contributed by atoms with Gasteiger partial charge in [0.15, 0.2) is 0 Å². The minimum absolute atomic E-state index is 0.0371. The summed E-state index contributed by atoms with van der Waals surface area (Å²) in [5.41, 5.74) is -1.28. The van der Waals surface area contributed by atoms with E-state index >= 15 is 0 Å². The van der Waals surface area contributed by atoms with Gasteiger partial charge in [-0.25, -0.2) is 4.98 Å². The minimum atomic E-state index is -4.67. The number of ether oxygens (including phenoxy) is 1. The van der Waals surface area contributed by atoms with Crippen LogP contribution in [0.4, 0.5) is 13.2 Å². The molecule has 4 rings (SSSR count). The summed E-state index contributed by atoms with van der Waals surface area (Å²) in [6.07, 6.45) is -6.18. The first kappa shape index (κ1) is 25.7. The Bertz CT molecular complexity index is 1330. The van der Waals surface area contributed by atoms with Crippen molar-refractivity contribution in [1.82, 2.24) is 14.9 Å². The Morgan fingerprint density at radius 1 is 1.17 bits per heavy atom. The van der Waals surface area contributed by atoms with Crippen LogP contribution in [0.15, 0.2) is 41.2 Å². The number of piperidine rings is 1. The molecule has 1 aliphatic heterocycles. The number of amides is 1. The van der Waals surface area contributed by atoms with E-state index in [2.05, 4.69) is 9.97 Å². The van der Waals surface area contributed by atoms with Crippen LogP contribution in [0, 0.1) is 18.8 Å². The summed E-state index contributed by atoms with van der Waals surface area (Å²) in [7, 11) is 0. The maximum absolute atomic E-state index is 13.8. The Morgan fingerprint density at radius 3 is 2.36 bits per heavy atom. The van der Waals surface area contributed by atoms with E-state index in [-0.39, 0.29) is 45.8 Å². The topological polar surface area (TPSA) is 95.5 Å². The predicted octanol–water partition coefficient (Wildman–Crippen LogP) is 4.48. The fourth-order valence-electron chi connectivity index (χ4n) is 4.74. The molecule has 0 saturated carbocycles. The maximum Gasteiger partial charge on any atom is 0.416 e. The lowest BCUT2D eigenvalue weighted by atomic mass is 9.88. The molecule has 1 unspecified atom stereocenters. The number of nitrogens with one attached hydrogen (secondary N) is 1. The number of fused-ring (bicyclic) bond motifs is 1. The highest BCUT2D eigenvalue weighted by atomic mass is 19.4. The molecule has 10 heteroatoms. The fraction of sp³-hybridized carbons (Fsp3) is 0.423. The highest BCUT2D eigenvalue weighted by Crippen LogP contribution is 2.37. The molecule has 2 N–H and O–H groups in total. The highest BCUT2D eigenvalue weighted by Gasteiger charge is 2.36. The Kier molecular flexibility index (Phi) is 6.83. The van der Waals surface area contributed by atoms with Gasteiger partial charge in [0.05, 0.1) is 22.6 Å². The van der Waals surface area contributed by atoms with Crippen molar-refractivity contribution in [2.75, 3.05) is 13.1 Å². The lowest BCUT2D eigenvalue weighted by Gasteiger charge is -2.38. The SMILES string of the molecule is Cc1nc2cc(C(F)(F)F)c([C@H](C)Oc3ccc(C(=O)N4C[C@@H](C)C(O)[C@@H](C)C4)cc3)cc2c(=O)[nH]1. The monoisotopic (exact) mass is 503 g/mol. The summed E-state index contributed by atoms with van der Waals surface area (Å²) in [4.78, 5) is 33.5. The van der Waals surface area contributed by atoms with E-state index in [4.69, 9.17) is 4.74 Å². The summed E-state index contributed by atoms with van der Waals surface area (Å²) >= 11 is 0. The number of nitrogens with zero attached hydrogens (tertiary/aromatic N) is 2. The summed E-state index contributed by atoms with van der Waals surface area (Å²) < 4.78 is 47.3. The van der Waals surface area contributed by atoms with Gasteiger partial charge in [-0.1, -0.05) is 13.8 Å². The number of rotatable bonds is 4. The molecule has 1 aromatic heterocycles. The zero-order valence-electron chi connectivity index (χ0n) is 20.4. The van der Waals surface area contributed by atoms with Crippen LogP contribution >= 0.6 is 0 Å². The molecule has 2 heterocycles. The van der Waals surface area contributed by atoms with Crippen molar-refractivity contribution >= 4 is 16.8 Å². The van der Waals surface area contributed by atoms with Crippen molar-refractivity contribution in [2.24, 2.45) is 11.8 Å². The van der Waals surface area contributed by atoms with Crippen LogP contribution in [0.5, 0.6) is 5.75 Å². The smallest absolute Gasteiger partial charge is 0.416 e. The van der Waals surface area contributed by atoms with E-state index in [1.807, 2.05) is 13.8 Å². The van der Waals surface area contributed by atoms with Crippen LogP contribution in [0.1, 0.15) is 54.2 Å². The van der Waals surface area contributed by atoms with Gasteiger partial charge in [-0.15, -0.1) is 0 Å². The molecule has 192 valence electrons. The third kappa shape index (κ3) is 5.09. The Balaban J connectivity index is 1.57. The second-order valence-electron chi connectivity index (χ2n) is 9.55. The summed E-state index contributed by atoms with van der Waals surface area (Å²) in [6, 6.07) is 8.22. The van der Waals surface area contributed by atoms with Gasteiger partial charge in [0, 0.05) is 24.2 Å². The van der Waals surface area contributed by atoms with Crippen molar-refractivity contribution in [1.29, 1.82) is 0 Å². The van der Waals surface area contributed by atoms with Gasteiger partial charge < -0.3 is 19.7 Å². The lowest BCUT2D eigenvalue weighted by molar-refractivity contribution is -0.138. The number of aromatic amines is 1. The second kappa shape index (κ2) is 9.57. The van der Waals surface area contributed by atoms with Crippen molar-refractivity contribution in [3.63, 3.8) is 0 Å². The molecule has 0 aliphatic carbocycles. The Hall–Kier alpha value is -3.40. The molecule has 1 amide bonds. The van der Waals surface area contributed by atoms with E-state index in [1.165, 1.54) is 32.0 Å². The molecule has 36 heavy (non-hydrogen) atoms. The number of H-pyrrole nitrogens is 1. The van der Waals surface area contributed by atoms with E-state index < -0.39 is 29.5 Å². The van der Waals surface area contributed by atoms with Crippen LogP contribution in [0.2, 0.25) is 0 Å². The molecular formula is C26H28F3N3O4.